The molecule has 0 aromatic heterocycles. The van der Waals surface area contributed by atoms with Gasteiger partial charge in [-0.25, -0.2) is 4.99 Å². The number of hydrogen-bond donors (Lipinski definition) is 3. The molecule has 14 heavy (non-hydrogen) atoms. The van der Waals surface area contributed by atoms with Gasteiger partial charge in [-0.15, -0.1) is 0 Å². The van der Waals surface area contributed by atoms with Crippen molar-refractivity contribution in [3.8, 4) is 0 Å². The third kappa shape index (κ3) is 1.75. The van der Waals surface area contributed by atoms with E-state index >= 15 is 0 Å². The summed E-state index contributed by atoms with van der Waals surface area (Å²) in [6.07, 6.45) is 0.596. The standard InChI is InChI=1S/C10H11N3O/c11-8-6-9(14)13-10(12-8)7-4-2-1-3-5-7/h1-6,9,14H,11H2,(H,12,13). The fourth-order valence-electron chi connectivity index (χ4n) is 1.28. The van der Waals surface area contributed by atoms with Crippen LogP contribution in [0.25, 0.3) is 0 Å². The summed E-state index contributed by atoms with van der Waals surface area (Å²) in [5.41, 5.74) is 6.47. The molecule has 0 amide bonds. The van der Waals surface area contributed by atoms with Crippen LogP contribution in [-0.2, 0) is 0 Å². The van der Waals surface area contributed by atoms with Crippen LogP contribution in [0.5, 0.6) is 0 Å². The Labute approximate surface area is 81.8 Å². The highest BCUT2D eigenvalue weighted by atomic mass is 16.3. The average Bonchev–Trinajstić information content (AvgIpc) is 2.18. The number of aliphatic imine (C=N–C) groups is 1. The number of nitrogens with zero attached hydrogens (tertiary/aromatic N) is 1. The molecule has 0 radical (unpaired) electrons. The van der Waals surface area contributed by atoms with Gasteiger partial charge < -0.3 is 16.2 Å². The summed E-state index contributed by atoms with van der Waals surface area (Å²) in [6.45, 7) is 0. The Bertz CT molecular complexity index is 384. The topological polar surface area (TPSA) is 70.6 Å². The molecule has 0 saturated carbocycles. The monoisotopic (exact) mass is 189 g/mol. The molecule has 1 aromatic carbocycles. The van der Waals surface area contributed by atoms with E-state index in [9.17, 15) is 5.11 Å². The molecule has 1 aliphatic heterocycles. The van der Waals surface area contributed by atoms with Crippen LogP contribution in [0.1, 0.15) is 5.56 Å². The molecule has 1 aromatic rings. The lowest BCUT2D eigenvalue weighted by Crippen LogP contribution is -2.33. The summed E-state index contributed by atoms with van der Waals surface area (Å²) in [4.78, 5) is 4.01. The van der Waals surface area contributed by atoms with Crippen LogP contribution >= 0.6 is 0 Å². The predicted octanol–water partition coefficient (Wildman–Crippen LogP) is 0.155. The van der Waals surface area contributed by atoms with Gasteiger partial charge >= 0.3 is 0 Å². The van der Waals surface area contributed by atoms with Gasteiger partial charge in [0, 0.05) is 11.6 Å². The number of benzene rings is 1. The van der Waals surface area contributed by atoms with Gasteiger partial charge in [-0.1, -0.05) is 30.3 Å². The molecule has 1 heterocycles. The number of hydrogen-bond acceptors (Lipinski definition) is 4. The molecule has 72 valence electrons. The predicted molar refractivity (Wildman–Crippen MR) is 54.4 cm³/mol. The van der Waals surface area contributed by atoms with Crippen molar-refractivity contribution >= 4 is 5.84 Å². The Morgan fingerprint density at radius 3 is 2.64 bits per heavy atom. The molecule has 4 nitrogen and oxygen atoms in total. The van der Waals surface area contributed by atoms with Gasteiger partial charge in [-0.3, -0.25) is 0 Å². The molecular formula is C10H11N3O. The molecule has 2 rings (SSSR count). The SMILES string of the molecule is NC1=CC(O)N=C(c2ccccc2)N1. The fraction of sp³-hybridized carbons (Fsp3) is 0.100. The largest absolute Gasteiger partial charge is 0.385 e. The van der Waals surface area contributed by atoms with E-state index in [1.807, 2.05) is 30.3 Å². The highest BCUT2D eigenvalue weighted by Crippen LogP contribution is 2.06. The minimum Gasteiger partial charge on any atom is -0.385 e. The lowest BCUT2D eigenvalue weighted by Gasteiger charge is -2.16. The number of aliphatic hydroxyl groups is 1. The molecule has 4 N–H and O–H groups in total. The van der Waals surface area contributed by atoms with Crippen molar-refractivity contribution in [2.45, 2.75) is 6.23 Å². The van der Waals surface area contributed by atoms with Crippen LogP contribution in [0, 0.1) is 0 Å². The van der Waals surface area contributed by atoms with Crippen LogP contribution in [0.4, 0.5) is 0 Å². The normalized spacial score (nSPS) is 20.8. The molecule has 0 fully saturated rings. The van der Waals surface area contributed by atoms with Gasteiger partial charge in [0.15, 0.2) is 6.23 Å². The first kappa shape index (κ1) is 8.77. The van der Waals surface area contributed by atoms with Gasteiger partial charge in [0.2, 0.25) is 0 Å². The summed E-state index contributed by atoms with van der Waals surface area (Å²) in [5.74, 6) is 1.02. The number of rotatable bonds is 1. The Morgan fingerprint density at radius 1 is 1.29 bits per heavy atom. The van der Waals surface area contributed by atoms with Gasteiger partial charge in [-0.2, -0.15) is 0 Å². The third-order valence-corrected chi connectivity index (χ3v) is 1.90. The summed E-state index contributed by atoms with van der Waals surface area (Å²) < 4.78 is 0. The Balaban J connectivity index is 2.29. The lowest BCUT2D eigenvalue weighted by molar-refractivity contribution is 0.230. The van der Waals surface area contributed by atoms with Crippen molar-refractivity contribution in [1.82, 2.24) is 5.32 Å². The van der Waals surface area contributed by atoms with E-state index in [1.165, 1.54) is 6.08 Å². The van der Waals surface area contributed by atoms with Crippen molar-refractivity contribution in [3.63, 3.8) is 0 Å². The van der Waals surface area contributed by atoms with Crippen LogP contribution in [0.3, 0.4) is 0 Å². The zero-order valence-electron chi connectivity index (χ0n) is 7.51. The molecule has 1 unspecified atom stereocenters. The summed E-state index contributed by atoms with van der Waals surface area (Å²) >= 11 is 0. The van der Waals surface area contributed by atoms with E-state index in [0.717, 1.165) is 5.56 Å². The van der Waals surface area contributed by atoms with E-state index in [0.29, 0.717) is 11.7 Å². The zero-order chi connectivity index (χ0) is 9.97. The Hall–Kier alpha value is -1.81. The molecular weight excluding hydrogens is 178 g/mol. The van der Waals surface area contributed by atoms with Gasteiger partial charge in [0.25, 0.3) is 0 Å². The van der Waals surface area contributed by atoms with E-state index in [4.69, 9.17) is 5.73 Å². The van der Waals surface area contributed by atoms with E-state index in [-0.39, 0.29) is 0 Å². The summed E-state index contributed by atoms with van der Waals surface area (Å²) in [6, 6.07) is 9.53. The van der Waals surface area contributed by atoms with E-state index in [1.54, 1.807) is 0 Å². The van der Waals surface area contributed by atoms with Crippen molar-refractivity contribution in [2.24, 2.45) is 10.7 Å². The second-order valence-electron chi connectivity index (χ2n) is 3.00. The van der Waals surface area contributed by atoms with Crippen molar-refractivity contribution < 1.29 is 5.11 Å². The fourth-order valence-corrected chi connectivity index (χ4v) is 1.28. The maximum Gasteiger partial charge on any atom is 0.170 e. The smallest absolute Gasteiger partial charge is 0.170 e. The van der Waals surface area contributed by atoms with Gasteiger partial charge in [0.1, 0.15) is 11.7 Å². The van der Waals surface area contributed by atoms with Gasteiger partial charge in [0.05, 0.1) is 0 Å². The maximum atomic E-state index is 9.33. The Morgan fingerprint density at radius 2 is 2.00 bits per heavy atom. The van der Waals surface area contributed by atoms with Crippen molar-refractivity contribution in [1.29, 1.82) is 0 Å². The molecule has 0 aliphatic carbocycles. The molecule has 0 bridgehead atoms. The number of aliphatic hydroxyl groups excluding tert-OH is 1. The van der Waals surface area contributed by atoms with Crippen LogP contribution in [-0.4, -0.2) is 17.2 Å². The number of amidine groups is 1. The third-order valence-electron chi connectivity index (χ3n) is 1.90. The number of nitrogens with two attached hydrogens (primary N) is 1. The summed E-state index contributed by atoms with van der Waals surface area (Å²) in [7, 11) is 0. The molecule has 4 heteroatoms. The highest BCUT2D eigenvalue weighted by molar-refractivity contribution is 6.00. The van der Waals surface area contributed by atoms with Crippen LogP contribution in [0.15, 0.2) is 47.2 Å². The van der Waals surface area contributed by atoms with Crippen molar-refractivity contribution in [3.05, 3.63) is 47.8 Å². The number of nitrogens with one attached hydrogen (secondary N) is 1. The molecule has 0 saturated heterocycles. The minimum atomic E-state index is -0.855. The van der Waals surface area contributed by atoms with Gasteiger partial charge in [-0.05, 0) is 0 Å². The lowest BCUT2D eigenvalue weighted by atomic mass is 10.2. The molecule has 0 spiro atoms. The van der Waals surface area contributed by atoms with E-state index in [2.05, 4.69) is 10.3 Å². The van der Waals surface area contributed by atoms with Crippen LogP contribution in [0.2, 0.25) is 0 Å². The van der Waals surface area contributed by atoms with Crippen LogP contribution < -0.4 is 11.1 Å². The van der Waals surface area contributed by atoms with Crippen molar-refractivity contribution in [2.75, 3.05) is 0 Å². The first-order valence-corrected chi connectivity index (χ1v) is 4.31. The second-order valence-corrected chi connectivity index (χ2v) is 3.00. The quantitative estimate of drug-likeness (QED) is 0.589. The Kier molecular flexibility index (Phi) is 2.20. The molecule has 1 atom stereocenters. The average molecular weight is 189 g/mol. The maximum absolute atomic E-state index is 9.33. The zero-order valence-corrected chi connectivity index (χ0v) is 7.51. The first-order valence-electron chi connectivity index (χ1n) is 4.31. The highest BCUT2D eigenvalue weighted by Gasteiger charge is 2.11. The van der Waals surface area contributed by atoms with E-state index < -0.39 is 6.23 Å². The molecule has 1 aliphatic rings. The minimum absolute atomic E-state index is 0.423. The first-order chi connectivity index (χ1) is 6.75. The summed E-state index contributed by atoms with van der Waals surface area (Å²) in [5, 5.41) is 12.2. The second kappa shape index (κ2) is 3.51.